The lowest BCUT2D eigenvalue weighted by Gasteiger charge is -2.03. The van der Waals surface area contributed by atoms with E-state index in [1.807, 2.05) is 31.2 Å². The third kappa shape index (κ3) is 1.93. The smallest absolute Gasteiger partial charge is 0.354 e. The zero-order valence-corrected chi connectivity index (χ0v) is 11.2. The molecule has 0 bridgehead atoms. The lowest BCUT2D eigenvalue weighted by molar-refractivity contribution is 0.0688. The molecule has 2 heterocycles. The summed E-state index contributed by atoms with van der Waals surface area (Å²) >= 11 is 0. The first kappa shape index (κ1) is 12.3. The largest absolute Gasteiger partial charge is 0.477 e. The number of benzene rings is 1. The van der Waals surface area contributed by atoms with Gasteiger partial charge in [-0.1, -0.05) is 29.8 Å². The second kappa shape index (κ2) is 4.45. The molecule has 3 rings (SSSR count). The summed E-state index contributed by atoms with van der Waals surface area (Å²) in [7, 11) is 0. The molecule has 0 amide bonds. The second-order valence-corrected chi connectivity index (χ2v) is 4.72. The molecule has 20 heavy (non-hydrogen) atoms. The van der Waals surface area contributed by atoms with Crippen molar-refractivity contribution in [1.29, 1.82) is 0 Å². The first-order chi connectivity index (χ1) is 9.56. The first-order valence-corrected chi connectivity index (χ1v) is 6.21. The van der Waals surface area contributed by atoms with Gasteiger partial charge in [-0.15, -0.1) is 0 Å². The molecule has 5 heteroatoms. The average molecular weight is 267 g/mol. The molecule has 0 aliphatic carbocycles. The molecule has 0 saturated carbocycles. The Morgan fingerprint density at radius 2 is 1.90 bits per heavy atom. The Bertz CT molecular complexity index is 804. The third-order valence-corrected chi connectivity index (χ3v) is 3.24. The zero-order valence-electron chi connectivity index (χ0n) is 11.2. The van der Waals surface area contributed by atoms with Crippen molar-refractivity contribution in [2.45, 2.75) is 13.8 Å². The molecule has 0 aliphatic rings. The Balaban J connectivity index is 2.17. The lowest BCUT2D eigenvalue weighted by Crippen LogP contribution is -2.04. The van der Waals surface area contributed by atoms with Gasteiger partial charge >= 0.3 is 5.97 Å². The van der Waals surface area contributed by atoms with Crippen LogP contribution in [0.4, 0.5) is 0 Å². The van der Waals surface area contributed by atoms with Gasteiger partial charge in [0, 0.05) is 11.6 Å². The van der Waals surface area contributed by atoms with Crippen molar-refractivity contribution < 1.29 is 9.90 Å². The molecule has 0 spiro atoms. The zero-order chi connectivity index (χ0) is 14.3. The summed E-state index contributed by atoms with van der Waals surface area (Å²) < 4.78 is 1.50. The van der Waals surface area contributed by atoms with Crippen LogP contribution in [0.2, 0.25) is 0 Å². The van der Waals surface area contributed by atoms with Crippen LogP contribution in [0.15, 0.2) is 36.7 Å². The van der Waals surface area contributed by atoms with Crippen molar-refractivity contribution in [1.82, 2.24) is 14.4 Å². The molecule has 0 unspecified atom stereocenters. The van der Waals surface area contributed by atoms with Gasteiger partial charge in [-0.2, -0.15) is 0 Å². The quantitative estimate of drug-likeness (QED) is 0.775. The molecule has 0 radical (unpaired) electrons. The number of nitrogens with zero attached hydrogens (tertiary/aromatic N) is 3. The number of aromatic carboxylic acids is 1. The van der Waals surface area contributed by atoms with Crippen LogP contribution in [-0.2, 0) is 0 Å². The van der Waals surface area contributed by atoms with E-state index in [9.17, 15) is 9.90 Å². The highest BCUT2D eigenvalue weighted by atomic mass is 16.4. The lowest BCUT2D eigenvalue weighted by atomic mass is 10.1. The summed E-state index contributed by atoms with van der Waals surface area (Å²) in [6.45, 7) is 3.71. The molecule has 0 atom stereocenters. The standard InChI is InChI=1S/C15H13N3O2/c1-9-3-5-11(6-4-9)12-7-13-17-10(2)14(15(19)20)18(13)8-16-12/h3-8H,1-2H3,(H,19,20). The molecule has 1 aromatic carbocycles. The highest BCUT2D eigenvalue weighted by molar-refractivity contribution is 5.88. The second-order valence-electron chi connectivity index (χ2n) is 4.72. The van der Waals surface area contributed by atoms with Gasteiger partial charge in [-0.05, 0) is 13.8 Å². The Hall–Kier alpha value is -2.69. The Morgan fingerprint density at radius 1 is 1.20 bits per heavy atom. The van der Waals surface area contributed by atoms with Crippen molar-refractivity contribution in [3.05, 3.63) is 53.6 Å². The molecular weight excluding hydrogens is 254 g/mol. The minimum absolute atomic E-state index is 0.156. The number of carboxylic acid groups (broad SMARTS) is 1. The number of fused-ring (bicyclic) bond motifs is 1. The van der Waals surface area contributed by atoms with Crippen molar-refractivity contribution in [2.24, 2.45) is 0 Å². The van der Waals surface area contributed by atoms with Crippen LogP contribution in [0.1, 0.15) is 21.7 Å². The van der Waals surface area contributed by atoms with Gasteiger partial charge in [0.2, 0.25) is 0 Å². The van der Waals surface area contributed by atoms with E-state index in [0.29, 0.717) is 11.3 Å². The van der Waals surface area contributed by atoms with Crippen LogP contribution >= 0.6 is 0 Å². The van der Waals surface area contributed by atoms with Gasteiger partial charge < -0.3 is 5.11 Å². The Morgan fingerprint density at radius 3 is 2.55 bits per heavy atom. The maximum absolute atomic E-state index is 11.2. The van der Waals surface area contributed by atoms with Crippen LogP contribution in [0.5, 0.6) is 0 Å². The monoisotopic (exact) mass is 267 g/mol. The fraction of sp³-hybridized carbons (Fsp3) is 0.133. The fourth-order valence-electron chi connectivity index (χ4n) is 2.21. The maximum Gasteiger partial charge on any atom is 0.354 e. The number of carbonyl (C=O) groups is 1. The number of aryl methyl sites for hydroxylation is 2. The number of hydrogen-bond donors (Lipinski definition) is 1. The summed E-state index contributed by atoms with van der Waals surface area (Å²) in [5.74, 6) is -1.00. The molecule has 3 aromatic rings. The van der Waals surface area contributed by atoms with Crippen LogP contribution in [0, 0.1) is 13.8 Å². The maximum atomic E-state index is 11.2. The summed E-state index contributed by atoms with van der Waals surface area (Å²) in [6, 6.07) is 9.80. The average Bonchev–Trinajstić information content (AvgIpc) is 2.74. The van der Waals surface area contributed by atoms with Crippen LogP contribution in [0.25, 0.3) is 16.9 Å². The van der Waals surface area contributed by atoms with Crippen LogP contribution in [0.3, 0.4) is 0 Å². The van der Waals surface area contributed by atoms with Crippen molar-refractivity contribution in [3.8, 4) is 11.3 Å². The topological polar surface area (TPSA) is 67.5 Å². The summed E-state index contributed by atoms with van der Waals surface area (Å²) in [5, 5.41) is 9.18. The van der Waals surface area contributed by atoms with E-state index in [4.69, 9.17) is 0 Å². The van der Waals surface area contributed by atoms with E-state index < -0.39 is 5.97 Å². The van der Waals surface area contributed by atoms with Crippen LogP contribution < -0.4 is 0 Å². The van der Waals surface area contributed by atoms with E-state index in [1.165, 1.54) is 16.3 Å². The molecule has 2 aromatic heterocycles. The van der Waals surface area contributed by atoms with E-state index in [2.05, 4.69) is 9.97 Å². The number of carboxylic acids is 1. The highest BCUT2D eigenvalue weighted by Gasteiger charge is 2.16. The van der Waals surface area contributed by atoms with Gasteiger partial charge in [0.05, 0.1) is 11.4 Å². The molecule has 0 fully saturated rings. The van der Waals surface area contributed by atoms with Crippen molar-refractivity contribution in [3.63, 3.8) is 0 Å². The molecule has 1 N–H and O–H groups in total. The highest BCUT2D eigenvalue weighted by Crippen LogP contribution is 2.20. The van der Waals surface area contributed by atoms with Gasteiger partial charge in [0.1, 0.15) is 12.0 Å². The van der Waals surface area contributed by atoms with Crippen molar-refractivity contribution in [2.75, 3.05) is 0 Å². The summed E-state index contributed by atoms with van der Waals surface area (Å²) in [6.07, 6.45) is 1.51. The normalized spacial score (nSPS) is 10.9. The van der Waals surface area contributed by atoms with E-state index in [0.717, 1.165) is 11.3 Å². The fourth-order valence-corrected chi connectivity index (χ4v) is 2.21. The molecule has 0 saturated heterocycles. The van der Waals surface area contributed by atoms with Crippen LogP contribution in [-0.4, -0.2) is 25.4 Å². The summed E-state index contributed by atoms with van der Waals surface area (Å²) in [4.78, 5) is 19.8. The van der Waals surface area contributed by atoms with Crippen molar-refractivity contribution >= 4 is 11.6 Å². The first-order valence-electron chi connectivity index (χ1n) is 6.21. The molecular formula is C15H13N3O2. The summed E-state index contributed by atoms with van der Waals surface area (Å²) in [5.41, 5.74) is 4.17. The van der Waals surface area contributed by atoms with Gasteiger partial charge in [0.15, 0.2) is 5.69 Å². The third-order valence-electron chi connectivity index (χ3n) is 3.24. The number of imidazole rings is 1. The van der Waals surface area contributed by atoms with E-state index in [-0.39, 0.29) is 5.69 Å². The Kier molecular flexibility index (Phi) is 2.75. The SMILES string of the molecule is Cc1ccc(-c2cc3nc(C)c(C(=O)O)n3cn2)cc1. The number of hydrogen-bond acceptors (Lipinski definition) is 3. The predicted octanol–water partition coefficient (Wildman–Crippen LogP) is 2.71. The predicted molar refractivity (Wildman–Crippen MR) is 74.9 cm³/mol. The van der Waals surface area contributed by atoms with E-state index >= 15 is 0 Å². The molecule has 100 valence electrons. The van der Waals surface area contributed by atoms with Gasteiger partial charge in [-0.3, -0.25) is 4.40 Å². The molecule has 0 aliphatic heterocycles. The van der Waals surface area contributed by atoms with Gasteiger partial charge in [0.25, 0.3) is 0 Å². The van der Waals surface area contributed by atoms with E-state index in [1.54, 1.807) is 13.0 Å². The number of rotatable bonds is 2. The minimum Gasteiger partial charge on any atom is -0.477 e. The van der Waals surface area contributed by atoms with Gasteiger partial charge in [-0.25, -0.2) is 14.8 Å². The Labute approximate surface area is 115 Å². The molecule has 5 nitrogen and oxygen atoms in total. The minimum atomic E-state index is -1.00. The number of aromatic nitrogens is 3.